The quantitative estimate of drug-likeness (QED) is 0.204. The molecule has 1 saturated heterocycles. The van der Waals surface area contributed by atoms with Gasteiger partial charge in [-0.3, -0.25) is 14.5 Å². The molecule has 0 aromatic heterocycles. The van der Waals surface area contributed by atoms with Crippen LogP contribution in [-0.2, 0) is 15.0 Å². The first kappa shape index (κ1) is 27.0. The van der Waals surface area contributed by atoms with E-state index in [1.165, 1.54) is 4.90 Å². The Morgan fingerprint density at radius 1 is 0.895 bits per heavy atom. The topological polar surface area (TPSA) is 76.1 Å². The first-order valence-corrected chi connectivity index (χ1v) is 13.0. The van der Waals surface area contributed by atoms with Crippen LogP contribution in [0.25, 0.3) is 5.76 Å². The minimum atomic E-state index is -0.808. The molecule has 6 nitrogen and oxygen atoms in total. The van der Waals surface area contributed by atoms with Crippen LogP contribution >= 0.6 is 0 Å². The van der Waals surface area contributed by atoms with Gasteiger partial charge in [-0.25, -0.2) is 0 Å². The SMILES string of the molecule is CCCOc1ccc(/C(O)=C2\C(=O)C(=O)N(c3cccc(OCC)c3)C2c2ccc(C(C)(C)C)cc2)cc1. The van der Waals surface area contributed by atoms with E-state index in [1.54, 1.807) is 48.5 Å². The fourth-order valence-electron chi connectivity index (χ4n) is 4.55. The van der Waals surface area contributed by atoms with Gasteiger partial charge in [0.15, 0.2) is 0 Å². The Kier molecular flexibility index (Phi) is 7.91. The lowest BCUT2D eigenvalue weighted by Crippen LogP contribution is -2.29. The van der Waals surface area contributed by atoms with Crippen molar-refractivity contribution in [2.75, 3.05) is 18.1 Å². The van der Waals surface area contributed by atoms with Gasteiger partial charge in [0, 0.05) is 17.3 Å². The van der Waals surface area contributed by atoms with E-state index in [0.29, 0.717) is 36.0 Å². The number of carbonyl (C=O) groups is 2. The van der Waals surface area contributed by atoms with Crippen molar-refractivity contribution in [3.05, 3.63) is 95.1 Å². The number of rotatable bonds is 8. The summed E-state index contributed by atoms with van der Waals surface area (Å²) in [5.41, 5.74) is 2.79. The highest BCUT2D eigenvalue weighted by molar-refractivity contribution is 6.51. The van der Waals surface area contributed by atoms with Crippen LogP contribution in [0.2, 0.25) is 0 Å². The average molecular weight is 514 g/mol. The first-order chi connectivity index (χ1) is 18.2. The number of anilines is 1. The van der Waals surface area contributed by atoms with Gasteiger partial charge in [-0.1, -0.05) is 58.0 Å². The van der Waals surface area contributed by atoms with Crippen LogP contribution in [-0.4, -0.2) is 30.0 Å². The molecule has 0 saturated carbocycles. The third-order valence-electron chi connectivity index (χ3n) is 6.54. The summed E-state index contributed by atoms with van der Waals surface area (Å²) in [4.78, 5) is 28.4. The Labute approximate surface area is 224 Å². The minimum Gasteiger partial charge on any atom is -0.507 e. The van der Waals surface area contributed by atoms with Crippen LogP contribution in [0.15, 0.2) is 78.4 Å². The largest absolute Gasteiger partial charge is 0.507 e. The van der Waals surface area contributed by atoms with Gasteiger partial charge in [-0.2, -0.15) is 0 Å². The maximum atomic E-state index is 13.5. The predicted molar refractivity (Wildman–Crippen MR) is 150 cm³/mol. The number of aliphatic hydroxyl groups excluding tert-OH is 1. The molecule has 6 heteroatoms. The Balaban J connectivity index is 1.85. The molecule has 38 heavy (non-hydrogen) atoms. The molecule has 1 fully saturated rings. The van der Waals surface area contributed by atoms with E-state index in [1.807, 2.05) is 38.1 Å². The van der Waals surface area contributed by atoms with Crippen molar-refractivity contribution in [1.82, 2.24) is 0 Å². The third-order valence-corrected chi connectivity index (χ3v) is 6.54. The fourth-order valence-corrected chi connectivity index (χ4v) is 4.55. The molecule has 0 spiro atoms. The molecule has 3 aromatic carbocycles. The average Bonchev–Trinajstić information content (AvgIpc) is 3.17. The Morgan fingerprint density at radius 2 is 1.58 bits per heavy atom. The summed E-state index contributed by atoms with van der Waals surface area (Å²) in [5.74, 6) is -0.394. The smallest absolute Gasteiger partial charge is 0.300 e. The van der Waals surface area contributed by atoms with Crippen molar-refractivity contribution in [2.24, 2.45) is 0 Å². The molecule has 1 aliphatic heterocycles. The standard InChI is InChI=1S/C32H35NO5/c1-6-19-38-25-17-13-22(14-18-25)29(34)27-28(21-11-15-23(16-12-21)32(3,4)5)33(31(36)30(27)35)24-9-8-10-26(20-24)37-7-2/h8-18,20,28,34H,6-7,19H2,1-5H3/b29-27+. The zero-order chi connectivity index (χ0) is 27.4. The number of ether oxygens (including phenoxy) is 2. The van der Waals surface area contributed by atoms with Crippen LogP contribution < -0.4 is 14.4 Å². The van der Waals surface area contributed by atoms with Gasteiger partial charge >= 0.3 is 0 Å². The summed E-state index contributed by atoms with van der Waals surface area (Å²) in [5, 5.41) is 11.4. The molecule has 198 valence electrons. The second-order valence-corrected chi connectivity index (χ2v) is 10.3. The Bertz CT molecular complexity index is 1330. The summed E-state index contributed by atoms with van der Waals surface area (Å²) < 4.78 is 11.3. The van der Waals surface area contributed by atoms with Crippen molar-refractivity contribution in [1.29, 1.82) is 0 Å². The number of carbonyl (C=O) groups excluding carboxylic acids is 2. The van der Waals surface area contributed by atoms with Crippen LogP contribution in [0.3, 0.4) is 0 Å². The lowest BCUT2D eigenvalue weighted by atomic mass is 9.85. The van der Waals surface area contributed by atoms with E-state index in [2.05, 4.69) is 20.8 Å². The monoisotopic (exact) mass is 513 g/mol. The molecule has 1 amide bonds. The number of Topliss-reactive ketones (excluding diaryl/α,β-unsaturated/α-hetero) is 1. The van der Waals surface area contributed by atoms with Crippen LogP contribution in [0.5, 0.6) is 11.5 Å². The van der Waals surface area contributed by atoms with E-state index in [9.17, 15) is 14.7 Å². The van der Waals surface area contributed by atoms with Gasteiger partial charge in [-0.15, -0.1) is 0 Å². The number of aliphatic hydroxyl groups is 1. The lowest BCUT2D eigenvalue weighted by Gasteiger charge is -2.27. The third kappa shape index (κ3) is 5.44. The number of hydrogen-bond donors (Lipinski definition) is 1. The van der Waals surface area contributed by atoms with E-state index in [0.717, 1.165) is 17.5 Å². The highest BCUT2D eigenvalue weighted by Gasteiger charge is 2.47. The van der Waals surface area contributed by atoms with E-state index in [4.69, 9.17) is 9.47 Å². The molecule has 0 aliphatic carbocycles. The number of amides is 1. The molecular weight excluding hydrogens is 478 g/mol. The summed E-state index contributed by atoms with van der Waals surface area (Å²) in [6.45, 7) is 11.3. The zero-order valence-corrected chi connectivity index (χ0v) is 22.7. The van der Waals surface area contributed by atoms with E-state index < -0.39 is 17.7 Å². The molecule has 1 aliphatic rings. The van der Waals surface area contributed by atoms with E-state index in [-0.39, 0.29) is 16.7 Å². The molecule has 1 unspecified atom stereocenters. The van der Waals surface area contributed by atoms with E-state index >= 15 is 0 Å². The molecular formula is C32H35NO5. The predicted octanol–water partition coefficient (Wildman–Crippen LogP) is 6.80. The second kappa shape index (κ2) is 11.1. The van der Waals surface area contributed by atoms with Gasteiger partial charge in [0.2, 0.25) is 0 Å². The van der Waals surface area contributed by atoms with Crippen molar-refractivity contribution < 1.29 is 24.2 Å². The van der Waals surface area contributed by atoms with Crippen molar-refractivity contribution in [3.8, 4) is 11.5 Å². The van der Waals surface area contributed by atoms with Gasteiger partial charge in [-0.05, 0) is 66.3 Å². The molecule has 1 heterocycles. The summed E-state index contributed by atoms with van der Waals surface area (Å²) >= 11 is 0. The molecule has 4 rings (SSSR count). The van der Waals surface area contributed by atoms with Crippen molar-refractivity contribution >= 4 is 23.1 Å². The summed E-state index contributed by atoms with van der Waals surface area (Å²) in [6, 6.07) is 21.0. The van der Waals surface area contributed by atoms with Crippen molar-refractivity contribution in [3.63, 3.8) is 0 Å². The first-order valence-electron chi connectivity index (χ1n) is 13.0. The molecule has 0 radical (unpaired) electrons. The second-order valence-electron chi connectivity index (χ2n) is 10.3. The van der Waals surface area contributed by atoms with Gasteiger partial charge < -0.3 is 14.6 Å². The maximum Gasteiger partial charge on any atom is 0.300 e. The highest BCUT2D eigenvalue weighted by atomic mass is 16.5. The van der Waals surface area contributed by atoms with Gasteiger partial charge in [0.1, 0.15) is 17.3 Å². The zero-order valence-electron chi connectivity index (χ0n) is 22.7. The molecule has 1 atom stereocenters. The summed E-state index contributed by atoms with van der Waals surface area (Å²) in [6.07, 6.45) is 0.879. The van der Waals surface area contributed by atoms with Gasteiger partial charge in [0.25, 0.3) is 11.7 Å². The lowest BCUT2D eigenvalue weighted by molar-refractivity contribution is -0.132. The Morgan fingerprint density at radius 3 is 2.18 bits per heavy atom. The normalized spacial score (nSPS) is 17.1. The van der Waals surface area contributed by atoms with Crippen LogP contribution in [0.4, 0.5) is 5.69 Å². The summed E-state index contributed by atoms with van der Waals surface area (Å²) in [7, 11) is 0. The molecule has 0 bridgehead atoms. The van der Waals surface area contributed by atoms with Crippen molar-refractivity contribution in [2.45, 2.75) is 52.5 Å². The fraction of sp³-hybridized carbons (Fsp3) is 0.312. The minimum absolute atomic E-state index is 0.0440. The number of ketones is 1. The number of benzene rings is 3. The molecule has 1 N–H and O–H groups in total. The Hall–Kier alpha value is -4.06. The highest BCUT2D eigenvalue weighted by Crippen LogP contribution is 2.43. The van der Waals surface area contributed by atoms with Gasteiger partial charge in [0.05, 0.1) is 24.8 Å². The van der Waals surface area contributed by atoms with Crippen LogP contribution in [0.1, 0.15) is 63.8 Å². The number of hydrogen-bond acceptors (Lipinski definition) is 5. The molecule has 3 aromatic rings. The maximum absolute atomic E-state index is 13.5. The number of nitrogens with zero attached hydrogens (tertiary/aromatic N) is 1. The van der Waals surface area contributed by atoms with Crippen LogP contribution in [0, 0.1) is 0 Å².